The van der Waals surface area contributed by atoms with Gasteiger partial charge in [0.1, 0.15) is 6.04 Å². The van der Waals surface area contributed by atoms with Gasteiger partial charge in [0, 0.05) is 6.54 Å². The topological polar surface area (TPSA) is 121 Å². The van der Waals surface area contributed by atoms with Gasteiger partial charge in [-0.25, -0.2) is 21.6 Å². The summed E-state index contributed by atoms with van der Waals surface area (Å²) in [5, 5.41) is 9.26. The molecule has 1 aromatic carbocycles. The van der Waals surface area contributed by atoms with E-state index in [1.54, 1.807) is 0 Å². The molecule has 0 radical (unpaired) electrons. The first-order valence-corrected chi connectivity index (χ1v) is 10.3. The highest BCUT2D eigenvalue weighted by atomic mass is 32.2. The van der Waals surface area contributed by atoms with Gasteiger partial charge < -0.3 is 5.11 Å². The van der Waals surface area contributed by atoms with Gasteiger partial charge in [0.25, 0.3) is 0 Å². The Morgan fingerprint density at radius 2 is 1.92 bits per heavy atom. The van der Waals surface area contributed by atoms with Crippen molar-refractivity contribution in [3.05, 3.63) is 23.8 Å². The van der Waals surface area contributed by atoms with Crippen LogP contribution in [0, 0.1) is 6.92 Å². The molecule has 1 fully saturated rings. The Morgan fingerprint density at radius 3 is 2.46 bits per heavy atom. The van der Waals surface area contributed by atoms with Gasteiger partial charge in [-0.05, 0) is 57.0 Å². The van der Waals surface area contributed by atoms with Gasteiger partial charge in [0.15, 0.2) is 0 Å². The molecule has 0 spiro atoms. The van der Waals surface area contributed by atoms with Crippen molar-refractivity contribution >= 4 is 26.0 Å². The third kappa shape index (κ3) is 3.46. The number of aliphatic carboxylic acids is 1. The predicted octanol–water partition coefficient (Wildman–Crippen LogP) is 0.531. The SMILES string of the molecule is CNS(=O)(=O)c1ccc(S(=O)(=O)N2CCCCC2C(=O)O)cc1C. The minimum Gasteiger partial charge on any atom is -0.480 e. The second-order valence-corrected chi connectivity index (χ2v) is 9.35. The fourth-order valence-electron chi connectivity index (χ4n) is 2.77. The van der Waals surface area contributed by atoms with Crippen LogP contribution in [-0.4, -0.2) is 51.9 Å². The molecule has 1 aromatic rings. The van der Waals surface area contributed by atoms with Crippen LogP contribution in [-0.2, 0) is 24.8 Å². The Balaban J connectivity index is 2.46. The van der Waals surface area contributed by atoms with Crippen molar-refractivity contribution in [2.45, 2.75) is 42.0 Å². The molecule has 8 nitrogen and oxygen atoms in total. The lowest BCUT2D eigenvalue weighted by Crippen LogP contribution is -2.47. The molecule has 10 heteroatoms. The van der Waals surface area contributed by atoms with E-state index in [9.17, 15) is 26.7 Å². The molecule has 1 unspecified atom stereocenters. The smallest absolute Gasteiger partial charge is 0.322 e. The van der Waals surface area contributed by atoms with Crippen LogP contribution in [0.25, 0.3) is 0 Å². The fourth-order valence-corrected chi connectivity index (χ4v) is 5.46. The molecule has 1 aliphatic rings. The molecular formula is C14H20N2O6S2. The van der Waals surface area contributed by atoms with Gasteiger partial charge in [-0.15, -0.1) is 0 Å². The van der Waals surface area contributed by atoms with Crippen molar-refractivity contribution in [3.63, 3.8) is 0 Å². The van der Waals surface area contributed by atoms with Gasteiger partial charge in [0.2, 0.25) is 20.0 Å². The monoisotopic (exact) mass is 376 g/mol. The van der Waals surface area contributed by atoms with Crippen LogP contribution in [0.2, 0.25) is 0 Å². The van der Waals surface area contributed by atoms with E-state index in [1.807, 2.05) is 0 Å². The van der Waals surface area contributed by atoms with Crippen LogP contribution >= 0.6 is 0 Å². The van der Waals surface area contributed by atoms with Gasteiger partial charge in [-0.2, -0.15) is 4.31 Å². The number of carboxylic acids is 1. The Hall–Kier alpha value is -1.49. The summed E-state index contributed by atoms with van der Waals surface area (Å²) < 4.78 is 52.5. The van der Waals surface area contributed by atoms with Gasteiger partial charge in [-0.1, -0.05) is 0 Å². The number of sulfonamides is 2. The summed E-state index contributed by atoms with van der Waals surface area (Å²) in [6.07, 6.45) is 1.51. The van der Waals surface area contributed by atoms with Crippen LogP contribution in [0.1, 0.15) is 24.8 Å². The highest BCUT2D eigenvalue weighted by Gasteiger charge is 2.37. The average molecular weight is 376 g/mol. The molecule has 1 heterocycles. The van der Waals surface area contributed by atoms with E-state index in [0.29, 0.717) is 12.8 Å². The maximum absolute atomic E-state index is 12.8. The Kier molecular flexibility index (Phi) is 5.33. The van der Waals surface area contributed by atoms with E-state index in [0.717, 1.165) is 4.31 Å². The lowest BCUT2D eigenvalue weighted by Gasteiger charge is -2.32. The van der Waals surface area contributed by atoms with Crippen LogP contribution in [0.3, 0.4) is 0 Å². The average Bonchev–Trinajstić information content (AvgIpc) is 2.54. The summed E-state index contributed by atoms with van der Waals surface area (Å²) in [6.45, 7) is 1.63. The number of nitrogens with zero attached hydrogens (tertiary/aromatic N) is 1. The molecule has 2 rings (SSSR count). The maximum atomic E-state index is 12.8. The van der Waals surface area contributed by atoms with Crippen molar-refractivity contribution < 1.29 is 26.7 Å². The number of piperidine rings is 1. The number of hydrogen-bond acceptors (Lipinski definition) is 5. The fraction of sp³-hybridized carbons (Fsp3) is 0.500. The summed E-state index contributed by atoms with van der Waals surface area (Å²) >= 11 is 0. The van der Waals surface area contributed by atoms with E-state index in [4.69, 9.17) is 0 Å². The number of nitrogens with one attached hydrogen (secondary N) is 1. The highest BCUT2D eigenvalue weighted by molar-refractivity contribution is 7.89. The van der Waals surface area contributed by atoms with Gasteiger partial charge >= 0.3 is 5.97 Å². The number of benzene rings is 1. The lowest BCUT2D eigenvalue weighted by molar-refractivity contribution is -0.142. The number of carbonyl (C=O) groups is 1. The first-order chi connectivity index (χ1) is 11.1. The zero-order chi connectivity index (χ0) is 18.1. The first kappa shape index (κ1) is 18.8. The van der Waals surface area contributed by atoms with E-state index >= 15 is 0 Å². The molecule has 134 valence electrons. The third-order valence-electron chi connectivity index (χ3n) is 4.05. The molecule has 1 saturated heterocycles. The Morgan fingerprint density at radius 1 is 1.25 bits per heavy atom. The van der Waals surface area contributed by atoms with Crippen molar-refractivity contribution in [2.24, 2.45) is 0 Å². The van der Waals surface area contributed by atoms with Gasteiger partial charge in [-0.3, -0.25) is 4.79 Å². The number of aryl methyl sites for hydroxylation is 1. The molecule has 0 aliphatic carbocycles. The Labute approximate surface area is 141 Å². The van der Waals surface area contributed by atoms with Crippen molar-refractivity contribution in [3.8, 4) is 0 Å². The van der Waals surface area contributed by atoms with Crippen LogP contribution in [0.4, 0.5) is 0 Å². The highest BCUT2D eigenvalue weighted by Crippen LogP contribution is 2.27. The van der Waals surface area contributed by atoms with E-state index in [1.165, 1.54) is 32.2 Å². The predicted molar refractivity (Wildman–Crippen MR) is 86.6 cm³/mol. The number of hydrogen-bond donors (Lipinski definition) is 2. The second-order valence-electron chi connectivity index (χ2n) is 5.60. The summed E-state index contributed by atoms with van der Waals surface area (Å²) in [7, 11) is -6.43. The van der Waals surface area contributed by atoms with E-state index in [-0.39, 0.29) is 28.3 Å². The zero-order valence-corrected chi connectivity index (χ0v) is 15.0. The first-order valence-electron chi connectivity index (χ1n) is 7.40. The van der Waals surface area contributed by atoms with Crippen molar-refractivity contribution in [1.29, 1.82) is 0 Å². The molecular weight excluding hydrogens is 356 g/mol. The van der Waals surface area contributed by atoms with Crippen LogP contribution in [0.5, 0.6) is 0 Å². The summed E-state index contributed by atoms with van der Waals surface area (Å²) in [4.78, 5) is 11.2. The molecule has 1 atom stereocenters. The molecule has 0 aromatic heterocycles. The number of carboxylic acid groups (broad SMARTS) is 1. The summed E-state index contributed by atoms with van der Waals surface area (Å²) in [5.74, 6) is -1.18. The number of rotatable bonds is 5. The molecule has 1 aliphatic heterocycles. The van der Waals surface area contributed by atoms with Crippen LogP contribution < -0.4 is 4.72 Å². The van der Waals surface area contributed by atoms with E-state index < -0.39 is 32.1 Å². The summed E-state index contributed by atoms with van der Waals surface area (Å²) in [6, 6.07) is 2.57. The second kappa shape index (κ2) is 6.79. The van der Waals surface area contributed by atoms with Crippen molar-refractivity contribution in [1.82, 2.24) is 9.03 Å². The third-order valence-corrected chi connectivity index (χ3v) is 7.53. The van der Waals surface area contributed by atoms with Crippen LogP contribution in [0.15, 0.2) is 28.0 Å². The van der Waals surface area contributed by atoms with Gasteiger partial charge in [0.05, 0.1) is 9.79 Å². The minimum atomic E-state index is -4.01. The maximum Gasteiger partial charge on any atom is 0.322 e. The minimum absolute atomic E-state index is 0.0163. The molecule has 0 saturated carbocycles. The zero-order valence-electron chi connectivity index (χ0n) is 13.4. The summed E-state index contributed by atoms with van der Waals surface area (Å²) in [5.41, 5.74) is 0.273. The largest absolute Gasteiger partial charge is 0.480 e. The lowest BCUT2D eigenvalue weighted by atomic mass is 10.1. The molecule has 2 N–H and O–H groups in total. The standard InChI is InChI=1S/C14H20N2O6S2/c1-10-9-11(6-7-13(10)23(19,20)15-2)24(21,22)16-8-4-3-5-12(16)14(17)18/h6-7,9,12,15H,3-5,8H2,1-2H3,(H,17,18). The molecule has 24 heavy (non-hydrogen) atoms. The quantitative estimate of drug-likeness (QED) is 0.773. The normalized spacial score (nSPS) is 20.0. The molecule has 0 amide bonds. The molecule has 0 bridgehead atoms. The van der Waals surface area contributed by atoms with E-state index in [2.05, 4.69) is 4.72 Å². The Bertz CT molecular complexity index is 848. The van der Waals surface area contributed by atoms with Crippen molar-refractivity contribution in [2.75, 3.05) is 13.6 Å².